The molecule has 0 radical (unpaired) electrons. The molecular formula is C16H19F3N4. The van der Waals surface area contributed by atoms with E-state index in [2.05, 4.69) is 21.9 Å². The minimum absolute atomic E-state index is 0.229. The topological polar surface area (TPSA) is 34.0 Å². The van der Waals surface area contributed by atoms with Crippen LogP contribution in [0, 0.1) is 0 Å². The van der Waals surface area contributed by atoms with Crippen molar-refractivity contribution in [3.05, 3.63) is 35.7 Å². The van der Waals surface area contributed by atoms with Crippen LogP contribution < -0.4 is 0 Å². The molecule has 1 fully saturated rings. The number of aromatic nitrogens is 3. The molecule has 0 N–H and O–H groups in total. The average molecular weight is 324 g/mol. The quantitative estimate of drug-likeness (QED) is 0.864. The number of likely N-dealkylation sites (tertiary alicyclic amines) is 1. The van der Waals surface area contributed by atoms with Crippen LogP contribution in [-0.4, -0.2) is 32.8 Å². The molecule has 0 spiro atoms. The molecule has 0 amide bonds. The standard InChI is InChI=1S/C16H19F3N4/c1-11(23-8-3-4-9-23)12-6-5-7-13(10-12)14-20-15(16(17,18)19)21-22(14)2/h5-7,10-11H,3-4,8-9H2,1-2H3/t11-/m1/s1. The Kier molecular flexibility index (Phi) is 4.14. The minimum Gasteiger partial charge on any atom is -0.297 e. The molecule has 1 saturated heterocycles. The monoisotopic (exact) mass is 324 g/mol. The summed E-state index contributed by atoms with van der Waals surface area (Å²) < 4.78 is 39.5. The number of benzene rings is 1. The fourth-order valence-corrected chi connectivity index (χ4v) is 3.03. The normalized spacial score (nSPS) is 17.6. The highest BCUT2D eigenvalue weighted by Crippen LogP contribution is 2.30. The maximum absolute atomic E-state index is 12.8. The molecule has 3 rings (SSSR count). The number of hydrogen-bond acceptors (Lipinski definition) is 3. The maximum atomic E-state index is 12.8. The van der Waals surface area contributed by atoms with Gasteiger partial charge in [0, 0.05) is 18.7 Å². The van der Waals surface area contributed by atoms with Crippen molar-refractivity contribution in [1.82, 2.24) is 19.7 Å². The summed E-state index contributed by atoms with van der Waals surface area (Å²) in [6.07, 6.45) is -2.14. The van der Waals surface area contributed by atoms with Crippen LogP contribution in [0.1, 0.15) is 37.2 Å². The smallest absolute Gasteiger partial charge is 0.297 e. The van der Waals surface area contributed by atoms with Crippen molar-refractivity contribution in [2.24, 2.45) is 7.05 Å². The van der Waals surface area contributed by atoms with Crippen molar-refractivity contribution in [1.29, 1.82) is 0 Å². The Labute approximate surface area is 132 Å². The predicted molar refractivity (Wildman–Crippen MR) is 80.7 cm³/mol. The van der Waals surface area contributed by atoms with E-state index >= 15 is 0 Å². The number of aryl methyl sites for hydroxylation is 1. The highest BCUT2D eigenvalue weighted by Gasteiger charge is 2.37. The van der Waals surface area contributed by atoms with Gasteiger partial charge in [-0.3, -0.25) is 4.90 Å². The van der Waals surface area contributed by atoms with Crippen molar-refractivity contribution in [3.8, 4) is 11.4 Å². The summed E-state index contributed by atoms with van der Waals surface area (Å²) in [4.78, 5) is 6.05. The van der Waals surface area contributed by atoms with Gasteiger partial charge in [-0.2, -0.15) is 13.2 Å². The van der Waals surface area contributed by atoms with Gasteiger partial charge in [0.15, 0.2) is 5.82 Å². The Bertz CT molecular complexity index is 687. The minimum atomic E-state index is -4.53. The molecule has 1 aromatic carbocycles. The van der Waals surface area contributed by atoms with Crippen LogP contribution in [0.25, 0.3) is 11.4 Å². The molecule has 1 aromatic heterocycles. The molecule has 4 nitrogen and oxygen atoms in total. The fourth-order valence-electron chi connectivity index (χ4n) is 3.03. The molecule has 23 heavy (non-hydrogen) atoms. The Morgan fingerprint density at radius 2 is 1.87 bits per heavy atom. The molecule has 124 valence electrons. The van der Waals surface area contributed by atoms with Gasteiger partial charge in [-0.1, -0.05) is 18.2 Å². The van der Waals surface area contributed by atoms with E-state index in [0.29, 0.717) is 5.56 Å². The van der Waals surface area contributed by atoms with Crippen LogP contribution in [-0.2, 0) is 13.2 Å². The number of hydrogen-bond donors (Lipinski definition) is 0. The first kappa shape index (κ1) is 16.0. The van der Waals surface area contributed by atoms with Crippen LogP contribution in [0.4, 0.5) is 13.2 Å². The van der Waals surface area contributed by atoms with Gasteiger partial charge in [-0.25, -0.2) is 9.67 Å². The van der Waals surface area contributed by atoms with Crippen molar-refractivity contribution < 1.29 is 13.2 Å². The highest BCUT2D eigenvalue weighted by molar-refractivity contribution is 5.56. The van der Waals surface area contributed by atoms with E-state index in [1.54, 1.807) is 6.07 Å². The first-order chi connectivity index (χ1) is 10.9. The fraction of sp³-hybridized carbons (Fsp3) is 0.500. The summed E-state index contributed by atoms with van der Waals surface area (Å²) in [5.41, 5.74) is 1.74. The first-order valence-electron chi connectivity index (χ1n) is 7.69. The predicted octanol–water partition coefficient (Wildman–Crippen LogP) is 3.66. The van der Waals surface area contributed by atoms with Gasteiger partial charge in [-0.05, 0) is 44.5 Å². The third kappa shape index (κ3) is 3.24. The molecule has 0 bridgehead atoms. The summed E-state index contributed by atoms with van der Waals surface area (Å²) in [5, 5.41) is 3.48. The van der Waals surface area contributed by atoms with Gasteiger partial charge in [0.25, 0.3) is 5.82 Å². The van der Waals surface area contributed by atoms with E-state index in [4.69, 9.17) is 0 Å². The summed E-state index contributed by atoms with van der Waals surface area (Å²) in [6, 6.07) is 7.79. The third-order valence-electron chi connectivity index (χ3n) is 4.33. The van der Waals surface area contributed by atoms with Crippen molar-refractivity contribution in [2.75, 3.05) is 13.1 Å². The SMILES string of the molecule is C[C@H](c1cccc(-c2nc(C(F)(F)F)nn2C)c1)N1CCCC1. The maximum Gasteiger partial charge on any atom is 0.453 e. The Hall–Kier alpha value is -1.89. The van der Waals surface area contributed by atoms with E-state index in [9.17, 15) is 13.2 Å². The number of halogens is 3. The zero-order chi connectivity index (χ0) is 16.6. The van der Waals surface area contributed by atoms with Crippen LogP contribution in [0.5, 0.6) is 0 Å². The molecule has 0 unspecified atom stereocenters. The molecular weight excluding hydrogens is 305 g/mol. The Balaban J connectivity index is 1.92. The number of nitrogens with zero attached hydrogens (tertiary/aromatic N) is 4. The lowest BCUT2D eigenvalue weighted by Crippen LogP contribution is -2.23. The average Bonchev–Trinajstić information content (AvgIpc) is 3.15. The van der Waals surface area contributed by atoms with Gasteiger partial charge >= 0.3 is 6.18 Å². The summed E-state index contributed by atoms with van der Waals surface area (Å²) in [5.74, 6) is -0.874. The number of alkyl halides is 3. The van der Waals surface area contributed by atoms with Crippen LogP contribution >= 0.6 is 0 Å². The van der Waals surface area contributed by atoms with Crippen molar-refractivity contribution in [2.45, 2.75) is 32.0 Å². The summed E-state index contributed by atoms with van der Waals surface area (Å²) >= 11 is 0. The van der Waals surface area contributed by atoms with E-state index < -0.39 is 12.0 Å². The summed E-state index contributed by atoms with van der Waals surface area (Å²) in [6.45, 7) is 4.25. The molecule has 1 aliphatic rings. The first-order valence-corrected chi connectivity index (χ1v) is 7.69. The second-order valence-electron chi connectivity index (χ2n) is 5.92. The van der Waals surface area contributed by atoms with E-state index in [1.165, 1.54) is 24.6 Å². The van der Waals surface area contributed by atoms with Crippen LogP contribution in [0.15, 0.2) is 24.3 Å². The lowest BCUT2D eigenvalue weighted by atomic mass is 10.0. The van der Waals surface area contributed by atoms with Gasteiger partial charge in [0.2, 0.25) is 0 Å². The lowest BCUT2D eigenvalue weighted by molar-refractivity contribution is -0.144. The number of rotatable bonds is 3. The second-order valence-corrected chi connectivity index (χ2v) is 5.92. The van der Waals surface area contributed by atoms with Gasteiger partial charge in [-0.15, -0.1) is 5.10 Å². The molecule has 0 saturated carbocycles. The lowest BCUT2D eigenvalue weighted by Gasteiger charge is -2.24. The second kappa shape index (κ2) is 5.96. The van der Waals surface area contributed by atoms with Crippen LogP contribution in [0.3, 0.4) is 0 Å². The highest BCUT2D eigenvalue weighted by atomic mass is 19.4. The van der Waals surface area contributed by atoms with E-state index in [-0.39, 0.29) is 11.9 Å². The van der Waals surface area contributed by atoms with Gasteiger partial charge < -0.3 is 0 Å². The Morgan fingerprint density at radius 1 is 1.17 bits per heavy atom. The Morgan fingerprint density at radius 3 is 2.48 bits per heavy atom. The van der Waals surface area contributed by atoms with E-state index in [0.717, 1.165) is 18.7 Å². The third-order valence-corrected chi connectivity index (χ3v) is 4.33. The van der Waals surface area contributed by atoms with Crippen molar-refractivity contribution in [3.63, 3.8) is 0 Å². The van der Waals surface area contributed by atoms with Gasteiger partial charge in [0.05, 0.1) is 0 Å². The molecule has 1 aliphatic heterocycles. The molecule has 0 aliphatic carbocycles. The molecule has 2 heterocycles. The molecule has 1 atom stereocenters. The van der Waals surface area contributed by atoms with Gasteiger partial charge in [0.1, 0.15) is 0 Å². The molecule has 7 heteroatoms. The zero-order valence-electron chi connectivity index (χ0n) is 13.1. The summed E-state index contributed by atoms with van der Waals surface area (Å²) in [7, 11) is 1.48. The largest absolute Gasteiger partial charge is 0.453 e. The van der Waals surface area contributed by atoms with E-state index in [1.807, 2.05) is 18.2 Å². The van der Waals surface area contributed by atoms with Crippen molar-refractivity contribution >= 4 is 0 Å². The molecule has 2 aromatic rings. The zero-order valence-corrected chi connectivity index (χ0v) is 13.1. The van der Waals surface area contributed by atoms with Crippen LogP contribution in [0.2, 0.25) is 0 Å².